The Morgan fingerprint density at radius 2 is 1.83 bits per heavy atom. The third kappa shape index (κ3) is 5.83. The van der Waals surface area contributed by atoms with E-state index in [2.05, 4.69) is 11.1 Å². The summed E-state index contributed by atoms with van der Waals surface area (Å²) in [5.41, 5.74) is 2.02. The summed E-state index contributed by atoms with van der Waals surface area (Å²) in [5, 5.41) is 20.3. The molecular weight excluding hydrogens is 450 g/mol. The molecule has 0 N–H and O–H groups in total. The number of non-ortho nitro benzene ring substituents is 1. The van der Waals surface area contributed by atoms with Crippen LogP contribution in [0.15, 0.2) is 52.9 Å². The van der Waals surface area contributed by atoms with Gasteiger partial charge in [-0.2, -0.15) is 10.2 Å². The highest BCUT2D eigenvalue weighted by atomic mass is 16.6. The van der Waals surface area contributed by atoms with Crippen LogP contribution in [0.25, 0.3) is 12.2 Å². The van der Waals surface area contributed by atoms with Gasteiger partial charge >= 0.3 is 0 Å². The summed E-state index contributed by atoms with van der Waals surface area (Å²) >= 11 is 0. The standard InChI is InChI=1S/C25H23N5O5/c1-18-2-9-21(10-3-18)34-17-24(31)28-12-14-29(15-13-28)25-22(16-26)27-23(35-25)11-6-19-4-7-20(8-5-19)30(32)33/h2-11H,12-15,17H2,1H3/b11-6+. The number of carbonyl (C=O) groups is 1. The number of rotatable bonds is 7. The van der Waals surface area contributed by atoms with E-state index in [1.807, 2.05) is 36.1 Å². The maximum absolute atomic E-state index is 12.5. The van der Waals surface area contributed by atoms with Crippen molar-refractivity contribution in [1.29, 1.82) is 5.26 Å². The summed E-state index contributed by atoms with van der Waals surface area (Å²) in [7, 11) is 0. The van der Waals surface area contributed by atoms with Crippen LogP contribution in [-0.2, 0) is 4.79 Å². The first-order chi connectivity index (χ1) is 16.9. The molecule has 1 aromatic heterocycles. The molecule has 2 heterocycles. The summed E-state index contributed by atoms with van der Waals surface area (Å²) in [6.45, 7) is 3.87. The van der Waals surface area contributed by atoms with Crippen molar-refractivity contribution in [2.24, 2.45) is 0 Å². The highest BCUT2D eigenvalue weighted by Crippen LogP contribution is 2.24. The number of nitrogens with zero attached hydrogens (tertiary/aromatic N) is 5. The van der Waals surface area contributed by atoms with Gasteiger partial charge in [-0.15, -0.1) is 0 Å². The predicted octanol–water partition coefficient (Wildman–Crippen LogP) is 3.66. The zero-order valence-corrected chi connectivity index (χ0v) is 19.1. The van der Waals surface area contributed by atoms with Gasteiger partial charge in [0.25, 0.3) is 11.6 Å². The number of aryl methyl sites for hydroxylation is 1. The predicted molar refractivity (Wildman–Crippen MR) is 129 cm³/mol. The van der Waals surface area contributed by atoms with E-state index in [4.69, 9.17) is 9.15 Å². The topological polar surface area (TPSA) is 126 Å². The van der Waals surface area contributed by atoms with E-state index in [9.17, 15) is 20.2 Å². The van der Waals surface area contributed by atoms with Crippen molar-refractivity contribution in [1.82, 2.24) is 9.88 Å². The first-order valence-electron chi connectivity index (χ1n) is 11.0. The number of aromatic nitrogens is 1. The lowest BCUT2D eigenvalue weighted by molar-refractivity contribution is -0.384. The highest BCUT2D eigenvalue weighted by Gasteiger charge is 2.26. The number of amides is 1. The Labute approximate surface area is 201 Å². The maximum Gasteiger partial charge on any atom is 0.269 e. The summed E-state index contributed by atoms with van der Waals surface area (Å²) in [4.78, 5) is 30.7. The number of nitro benzene ring substituents is 1. The summed E-state index contributed by atoms with van der Waals surface area (Å²) < 4.78 is 11.4. The first kappa shape index (κ1) is 23.5. The zero-order chi connectivity index (χ0) is 24.8. The van der Waals surface area contributed by atoms with Crippen LogP contribution in [0.2, 0.25) is 0 Å². The fourth-order valence-electron chi connectivity index (χ4n) is 3.59. The number of carbonyl (C=O) groups excluding carboxylic acids is 1. The fraction of sp³-hybridized carbons (Fsp3) is 0.240. The van der Waals surface area contributed by atoms with Gasteiger partial charge in [0.1, 0.15) is 11.8 Å². The van der Waals surface area contributed by atoms with Crippen molar-refractivity contribution in [2.45, 2.75) is 6.92 Å². The number of hydrogen-bond donors (Lipinski definition) is 0. The summed E-state index contributed by atoms with van der Waals surface area (Å²) in [6.07, 6.45) is 3.30. The molecule has 1 amide bonds. The third-order valence-electron chi connectivity index (χ3n) is 5.56. The number of piperazine rings is 1. The van der Waals surface area contributed by atoms with Crippen molar-refractivity contribution in [3.8, 4) is 11.8 Å². The molecular formula is C25H23N5O5. The minimum Gasteiger partial charge on any atom is -0.484 e. The van der Waals surface area contributed by atoms with Crippen LogP contribution in [0.5, 0.6) is 5.75 Å². The van der Waals surface area contributed by atoms with Crippen molar-refractivity contribution in [2.75, 3.05) is 37.7 Å². The molecule has 1 aliphatic rings. The van der Waals surface area contributed by atoms with E-state index in [1.54, 1.807) is 29.2 Å². The van der Waals surface area contributed by atoms with Gasteiger partial charge in [0.05, 0.1) is 4.92 Å². The van der Waals surface area contributed by atoms with Crippen LogP contribution in [0, 0.1) is 28.4 Å². The van der Waals surface area contributed by atoms with Crippen LogP contribution in [0.4, 0.5) is 11.6 Å². The lowest BCUT2D eigenvalue weighted by atomic mass is 10.2. The molecule has 3 aromatic rings. The Bertz CT molecular complexity index is 1270. The molecule has 2 aromatic carbocycles. The quantitative estimate of drug-likeness (QED) is 0.376. The fourth-order valence-corrected chi connectivity index (χ4v) is 3.59. The Hall–Kier alpha value is -4.65. The molecule has 1 saturated heterocycles. The molecule has 4 rings (SSSR count). The minimum absolute atomic E-state index is 0.00617. The normalized spacial score (nSPS) is 13.6. The van der Waals surface area contributed by atoms with Crippen molar-refractivity contribution in [3.63, 3.8) is 0 Å². The van der Waals surface area contributed by atoms with E-state index < -0.39 is 4.92 Å². The average Bonchev–Trinajstić information content (AvgIpc) is 3.30. The second-order valence-corrected chi connectivity index (χ2v) is 7.97. The lowest BCUT2D eigenvalue weighted by Crippen LogP contribution is -2.50. The highest BCUT2D eigenvalue weighted by molar-refractivity contribution is 5.78. The first-order valence-corrected chi connectivity index (χ1v) is 11.0. The molecule has 0 saturated carbocycles. The Balaban J connectivity index is 1.34. The third-order valence-corrected chi connectivity index (χ3v) is 5.56. The van der Waals surface area contributed by atoms with Crippen LogP contribution < -0.4 is 9.64 Å². The van der Waals surface area contributed by atoms with Gasteiger partial charge in [-0.3, -0.25) is 14.9 Å². The number of hydrogen-bond acceptors (Lipinski definition) is 8. The monoisotopic (exact) mass is 473 g/mol. The molecule has 1 aliphatic heterocycles. The van der Waals surface area contributed by atoms with E-state index in [0.717, 1.165) is 11.1 Å². The van der Waals surface area contributed by atoms with Gasteiger partial charge in [-0.25, -0.2) is 0 Å². The number of nitro groups is 1. The smallest absolute Gasteiger partial charge is 0.269 e. The van der Waals surface area contributed by atoms with Crippen LogP contribution in [-0.4, -0.2) is 53.5 Å². The second kappa shape index (κ2) is 10.5. The summed E-state index contributed by atoms with van der Waals surface area (Å²) in [5.74, 6) is 1.16. The van der Waals surface area contributed by atoms with Gasteiger partial charge in [-0.1, -0.05) is 17.7 Å². The molecule has 10 nitrogen and oxygen atoms in total. The molecule has 0 aliphatic carbocycles. The SMILES string of the molecule is Cc1ccc(OCC(=O)N2CCN(c3oc(/C=C/c4ccc([N+](=O)[O-])cc4)nc3C#N)CC2)cc1. The molecule has 0 atom stereocenters. The Kier molecular flexibility index (Phi) is 7.07. The van der Waals surface area contributed by atoms with Crippen LogP contribution in [0.3, 0.4) is 0 Å². The Morgan fingerprint density at radius 1 is 1.14 bits per heavy atom. The second-order valence-electron chi connectivity index (χ2n) is 7.97. The summed E-state index contributed by atoms with van der Waals surface area (Å²) in [6, 6.07) is 15.6. The van der Waals surface area contributed by atoms with Gasteiger partial charge in [0, 0.05) is 44.4 Å². The number of ether oxygens (including phenoxy) is 1. The van der Waals surface area contributed by atoms with Crippen molar-refractivity contribution < 1.29 is 18.9 Å². The van der Waals surface area contributed by atoms with Crippen LogP contribution >= 0.6 is 0 Å². The van der Waals surface area contributed by atoms with E-state index in [1.165, 1.54) is 12.1 Å². The number of oxazole rings is 1. The van der Waals surface area contributed by atoms with E-state index in [-0.39, 0.29) is 29.8 Å². The van der Waals surface area contributed by atoms with Gasteiger partial charge in [0.2, 0.25) is 17.5 Å². The van der Waals surface area contributed by atoms with Crippen molar-refractivity contribution in [3.05, 3.63) is 81.4 Å². The maximum atomic E-state index is 12.5. The number of benzene rings is 2. The minimum atomic E-state index is -0.461. The molecule has 0 spiro atoms. The van der Waals surface area contributed by atoms with Gasteiger partial charge < -0.3 is 19.0 Å². The molecule has 0 radical (unpaired) electrons. The van der Waals surface area contributed by atoms with Crippen LogP contribution in [0.1, 0.15) is 22.7 Å². The van der Waals surface area contributed by atoms with Gasteiger partial charge in [0.15, 0.2) is 6.61 Å². The lowest BCUT2D eigenvalue weighted by Gasteiger charge is -2.34. The molecule has 1 fully saturated rings. The molecule has 0 bridgehead atoms. The Morgan fingerprint density at radius 3 is 2.46 bits per heavy atom. The van der Waals surface area contributed by atoms with E-state index >= 15 is 0 Å². The zero-order valence-electron chi connectivity index (χ0n) is 19.1. The van der Waals surface area contributed by atoms with Gasteiger partial charge in [-0.05, 0) is 42.8 Å². The number of nitriles is 1. The average molecular weight is 473 g/mol. The number of anilines is 1. The molecule has 10 heteroatoms. The largest absolute Gasteiger partial charge is 0.484 e. The molecule has 178 valence electrons. The molecule has 35 heavy (non-hydrogen) atoms. The van der Waals surface area contributed by atoms with Crippen molar-refractivity contribution >= 4 is 29.6 Å². The van der Waals surface area contributed by atoms with E-state index in [0.29, 0.717) is 37.8 Å². The molecule has 0 unspecified atom stereocenters.